The summed E-state index contributed by atoms with van der Waals surface area (Å²) in [5.41, 5.74) is 6.65. The predicted octanol–water partition coefficient (Wildman–Crippen LogP) is 4.01. The first kappa shape index (κ1) is 20.6. The third-order valence-corrected chi connectivity index (χ3v) is 6.77. The second-order valence-corrected chi connectivity index (χ2v) is 9.81. The van der Waals surface area contributed by atoms with Crippen molar-refractivity contribution in [1.82, 2.24) is 10.4 Å². The number of likely N-dealkylation sites (tertiary alicyclic amines) is 1. The number of rotatable bonds is 3. The summed E-state index contributed by atoms with van der Waals surface area (Å²) in [7, 11) is 0. The van der Waals surface area contributed by atoms with Crippen molar-refractivity contribution in [2.75, 3.05) is 6.54 Å². The molecular formula is C25H30N2O3. The Labute approximate surface area is 178 Å². The summed E-state index contributed by atoms with van der Waals surface area (Å²) in [6.45, 7) is 8.06. The quantitative estimate of drug-likeness (QED) is 0.598. The molecule has 1 fully saturated rings. The van der Waals surface area contributed by atoms with E-state index in [2.05, 4.69) is 45.0 Å². The number of carbonyl (C=O) groups excluding carboxylic acids is 2. The van der Waals surface area contributed by atoms with Crippen LogP contribution < -0.4 is 5.48 Å². The van der Waals surface area contributed by atoms with Gasteiger partial charge in [0, 0.05) is 18.7 Å². The Kier molecular flexibility index (Phi) is 5.18. The van der Waals surface area contributed by atoms with Crippen LogP contribution in [0.5, 0.6) is 0 Å². The minimum atomic E-state index is -0.501. The fourth-order valence-corrected chi connectivity index (χ4v) is 4.83. The van der Waals surface area contributed by atoms with Gasteiger partial charge in [-0.1, -0.05) is 51.1 Å². The zero-order valence-corrected chi connectivity index (χ0v) is 18.0. The van der Waals surface area contributed by atoms with E-state index in [9.17, 15) is 9.59 Å². The summed E-state index contributed by atoms with van der Waals surface area (Å²) < 4.78 is 0. The van der Waals surface area contributed by atoms with Crippen molar-refractivity contribution in [3.8, 4) is 0 Å². The lowest BCUT2D eigenvalue weighted by Gasteiger charge is -2.33. The van der Waals surface area contributed by atoms with E-state index in [0.717, 1.165) is 43.4 Å². The van der Waals surface area contributed by atoms with Crippen molar-refractivity contribution in [1.29, 1.82) is 0 Å². The molecule has 0 saturated carbocycles. The number of nitrogens with one attached hydrogen (secondary N) is 1. The fraction of sp³-hybridized carbons (Fsp3) is 0.440. The Morgan fingerprint density at radius 2 is 1.83 bits per heavy atom. The van der Waals surface area contributed by atoms with Crippen LogP contribution in [0, 0.1) is 5.41 Å². The number of carbonyl (C=O) groups is 2. The molecule has 0 radical (unpaired) electrons. The smallest absolute Gasteiger partial charge is 0.274 e. The van der Waals surface area contributed by atoms with Crippen molar-refractivity contribution in [3.63, 3.8) is 0 Å². The van der Waals surface area contributed by atoms with Crippen molar-refractivity contribution in [3.05, 3.63) is 70.3 Å². The number of aryl methyl sites for hydroxylation is 1. The maximum atomic E-state index is 13.4. The van der Waals surface area contributed by atoms with Gasteiger partial charge in [-0.05, 0) is 65.5 Å². The van der Waals surface area contributed by atoms with E-state index in [-0.39, 0.29) is 16.7 Å². The molecule has 2 aromatic rings. The third-order valence-electron chi connectivity index (χ3n) is 6.77. The lowest BCUT2D eigenvalue weighted by atomic mass is 9.70. The lowest BCUT2D eigenvalue weighted by Crippen LogP contribution is -2.38. The molecule has 1 aliphatic carbocycles. The molecule has 1 saturated heterocycles. The van der Waals surface area contributed by atoms with Gasteiger partial charge in [-0.2, -0.15) is 0 Å². The average molecular weight is 407 g/mol. The van der Waals surface area contributed by atoms with Crippen molar-refractivity contribution < 1.29 is 14.8 Å². The maximum Gasteiger partial charge on any atom is 0.274 e. The van der Waals surface area contributed by atoms with Crippen LogP contribution >= 0.6 is 0 Å². The first-order chi connectivity index (χ1) is 14.2. The van der Waals surface area contributed by atoms with Crippen LogP contribution in [0.1, 0.15) is 66.2 Å². The van der Waals surface area contributed by atoms with Gasteiger partial charge in [-0.3, -0.25) is 14.8 Å². The first-order valence-corrected chi connectivity index (χ1v) is 10.7. The maximum absolute atomic E-state index is 13.4. The van der Waals surface area contributed by atoms with Gasteiger partial charge in [0.2, 0.25) is 5.91 Å². The summed E-state index contributed by atoms with van der Waals surface area (Å²) in [6, 6.07) is 14.1. The molecule has 2 aromatic carbocycles. The molecule has 0 bridgehead atoms. The molecule has 2 aliphatic rings. The zero-order chi connectivity index (χ0) is 21.5. The Morgan fingerprint density at radius 1 is 1.10 bits per heavy atom. The molecule has 158 valence electrons. The number of amides is 2. The SMILES string of the molecule is CC(C)(C)c1ccc(CN2CC[C@@]3(CCc4cc(C(=O)NO)ccc4C3)C2=O)cc1. The summed E-state index contributed by atoms with van der Waals surface area (Å²) in [6.07, 6.45) is 3.19. The highest BCUT2D eigenvalue weighted by molar-refractivity contribution is 5.93. The summed E-state index contributed by atoms with van der Waals surface area (Å²) >= 11 is 0. The van der Waals surface area contributed by atoms with Crippen LogP contribution in [0.4, 0.5) is 0 Å². The molecule has 1 spiro atoms. The van der Waals surface area contributed by atoms with E-state index >= 15 is 0 Å². The van der Waals surface area contributed by atoms with E-state index in [4.69, 9.17) is 5.21 Å². The Balaban J connectivity index is 1.47. The molecule has 1 heterocycles. The normalized spacial score (nSPS) is 21.1. The highest BCUT2D eigenvalue weighted by Crippen LogP contribution is 2.44. The largest absolute Gasteiger partial charge is 0.338 e. The van der Waals surface area contributed by atoms with Crippen LogP contribution in [-0.2, 0) is 29.6 Å². The number of benzene rings is 2. The van der Waals surface area contributed by atoms with Crippen LogP contribution in [-0.4, -0.2) is 28.5 Å². The topological polar surface area (TPSA) is 69.6 Å². The van der Waals surface area contributed by atoms with Crippen LogP contribution in [0.3, 0.4) is 0 Å². The van der Waals surface area contributed by atoms with Gasteiger partial charge in [0.05, 0.1) is 5.41 Å². The zero-order valence-electron chi connectivity index (χ0n) is 18.0. The summed E-state index contributed by atoms with van der Waals surface area (Å²) in [5, 5.41) is 8.85. The highest BCUT2D eigenvalue weighted by Gasteiger charge is 2.47. The van der Waals surface area contributed by atoms with E-state index in [1.807, 2.05) is 17.0 Å². The Bertz CT molecular complexity index is 975. The number of fused-ring (bicyclic) bond motifs is 1. The number of nitrogens with zero attached hydrogens (tertiary/aromatic N) is 1. The van der Waals surface area contributed by atoms with Crippen LogP contribution in [0.15, 0.2) is 42.5 Å². The summed E-state index contributed by atoms with van der Waals surface area (Å²) in [5.74, 6) is -0.246. The molecule has 4 rings (SSSR count). The molecule has 5 heteroatoms. The van der Waals surface area contributed by atoms with E-state index in [1.165, 1.54) is 11.1 Å². The molecule has 1 aliphatic heterocycles. The number of hydrogen-bond donors (Lipinski definition) is 2. The van der Waals surface area contributed by atoms with Crippen molar-refractivity contribution in [2.45, 2.75) is 58.4 Å². The van der Waals surface area contributed by atoms with Gasteiger partial charge in [-0.15, -0.1) is 0 Å². The molecule has 2 amide bonds. The molecular weight excluding hydrogens is 376 g/mol. The van der Waals surface area contributed by atoms with E-state index < -0.39 is 5.91 Å². The molecule has 0 aromatic heterocycles. The van der Waals surface area contributed by atoms with Gasteiger partial charge in [0.1, 0.15) is 0 Å². The minimum absolute atomic E-state index is 0.124. The Hall–Kier alpha value is -2.66. The predicted molar refractivity (Wildman–Crippen MR) is 115 cm³/mol. The molecule has 1 atom stereocenters. The van der Waals surface area contributed by atoms with Gasteiger partial charge >= 0.3 is 0 Å². The van der Waals surface area contributed by atoms with Gasteiger partial charge < -0.3 is 4.90 Å². The lowest BCUT2D eigenvalue weighted by molar-refractivity contribution is -0.137. The monoisotopic (exact) mass is 406 g/mol. The standard InChI is InChI=1S/C25H30N2O3/c1-24(2,3)21-8-4-17(5-9-21)16-27-13-12-25(23(27)29)11-10-18-14-19(22(28)26-30)6-7-20(18)15-25/h4-9,14,30H,10-13,15-16H2,1-3H3,(H,26,28)/t25-/m1/s1. The molecule has 30 heavy (non-hydrogen) atoms. The minimum Gasteiger partial charge on any atom is -0.338 e. The van der Waals surface area contributed by atoms with Crippen molar-refractivity contribution in [2.24, 2.45) is 5.41 Å². The van der Waals surface area contributed by atoms with E-state index in [0.29, 0.717) is 12.1 Å². The van der Waals surface area contributed by atoms with Crippen molar-refractivity contribution >= 4 is 11.8 Å². The highest BCUT2D eigenvalue weighted by atomic mass is 16.5. The second kappa shape index (κ2) is 7.55. The molecule has 2 N–H and O–H groups in total. The summed E-state index contributed by atoms with van der Waals surface area (Å²) in [4.78, 5) is 27.0. The second-order valence-electron chi connectivity index (χ2n) is 9.81. The first-order valence-electron chi connectivity index (χ1n) is 10.7. The molecule has 0 unspecified atom stereocenters. The average Bonchev–Trinajstić information content (AvgIpc) is 3.02. The van der Waals surface area contributed by atoms with Gasteiger partial charge in [0.15, 0.2) is 0 Å². The number of hydrogen-bond acceptors (Lipinski definition) is 3. The third kappa shape index (κ3) is 3.74. The van der Waals surface area contributed by atoms with Crippen LogP contribution in [0.25, 0.3) is 0 Å². The fourth-order valence-electron chi connectivity index (χ4n) is 4.83. The van der Waals surface area contributed by atoms with E-state index in [1.54, 1.807) is 11.5 Å². The molecule has 5 nitrogen and oxygen atoms in total. The van der Waals surface area contributed by atoms with Gasteiger partial charge in [-0.25, -0.2) is 5.48 Å². The van der Waals surface area contributed by atoms with Crippen LogP contribution in [0.2, 0.25) is 0 Å². The Morgan fingerprint density at radius 3 is 2.50 bits per heavy atom. The van der Waals surface area contributed by atoms with Gasteiger partial charge in [0.25, 0.3) is 5.91 Å². The number of hydroxylamine groups is 1.